The highest BCUT2D eigenvalue weighted by Gasteiger charge is 2.14. The summed E-state index contributed by atoms with van der Waals surface area (Å²) in [7, 11) is 0. The van der Waals surface area contributed by atoms with Crippen LogP contribution in [0.3, 0.4) is 0 Å². The molecule has 0 amide bonds. The molecule has 19 heavy (non-hydrogen) atoms. The smallest absolute Gasteiger partial charge is 0.374 e. The molecule has 5 nitrogen and oxygen atoms in total. The van der Waals surface area contributed by atoms with Crippen molar-refractivity contribution in [3.63, 3.8) is 0 Å². The highest BCUT2D eigenvalue weighted by atomic mass is 16.5. The number of fused-ring (bicyclic) bond motifs is 1. The third-order valence-electron chi connectivity index (χ3n) is 2.84. The minimum absolute atomic E-state index is 0.173. The number of aromatic carboxylic acids is 1. The van der Waals surface area contributed by atoms with Gasteiger partial charge in [-0.15, -0.1) is 0 Å². The lowest BCUT2D eigenvalue weighted by molar-refractivity contribution is 0.0652. The molecule has 1 aromatic carbocycles. The number of carboxylic acid groups (broad SMARTS) is 1. The molecule has 1 N–H and O–H groups in total. The van der Waals surface area contributed by atoms with Gasteiger partial charge in [-0.1, -0.05) is 23.4 Å². The Labute approximate surface area is 108 Å². The standard InChI is InChI=1S/C14H10N2O3/c1-8-6-10(9-4-2-3-5-11(9)15-8)12-7-13(14(17)18)19-16-12/h2-7H,1H3,(H,17,18). The fourth-order valence-electron chi connectivity index (χ4n) is 2.02. The molecule has 0 unspecified atom stereocenters. The largest absolute Gasteiger partial charge is 0.475 e. The van der Waals surface area contributed by atoms with Crippen molar-refractivity contribution in [2.75, 3.05) is 0 Å². The third-order valence-corrected chi connectivity index (χ3v) is 2.84. The monoisotopic (exact) mass is 254 g/mol. The maximum absolute atomic E-state index is 10.8. The lowest BCUT2D eigenvalue weighted by Crippen LogP contribution is -1.92. The maximum Gasteiger partial charge on any atom is 0.374 e. The van der Waals surface area contributed by atoms with Crippen molar-refractivity contribution >= 4 is 16.9 Å². The number of pyridine rings is 1. The molecule has 0 aliphatic rings. The van der Waals surface area contributed by atoms with Crippen LogP contribution >= 0.6 is 0 Å². The number of nitrogens with zero attached hydrogens (tertiary/aromatic N) is 2. The van der Waals surface area contributed by atoms with Crippen LogP contribution in [-0.4, -0.2) is 21.2 Å². The van der Waals surface area contributed by atoms with E-state index in [-0.39, 0.29) is 5.76 Å². The normalized spacial score (nSPS) is 10.8. The average molecular weight is 254 g/mol. The Hall–Kier alpha value is -2.69. The molecule has 0 saturated heterocycles. The van der Waals surface area contributed by atoms with Crippen LogP contribution in [0.25, 0.3) is 22.2 Å². The van der Waals surface area contributed by atoms with Crippen molar-refractivity contribution in [2.24, 2.45) is 0 Å². The SMILES string of the molecule is Cc1cc(-c2cc(C(=O)O)on2)c2ccccc2n1. The molecule has 2 aromatic heterocycles. The Morgan fingerprint density at radius 2 is 2.05 bits per heavy atom. The predicted octanol–water partition coefficient (Wildman–Crippen LogP) is 2.90. The molecule has 5 heteroatoms. The van der Waals surface area contributed by atoms with Gasteiger partial charge < -0.3 is 9.63 Å². The van der Waals surface area contributed by atoms with E-state index < -0.39 is 5.97 Å². The molecule has 3 aromatic rings. The Balaban J connectivity index is 2.26. The van der Waals surface area contributed by atoms with Gasteiger partial charge in [-0.25, -0.2) is 4.79 Å². The molecular weight excluding hydrogens is 244 g/mol. The summed E-state index contributed by atoms with van der Waals surface area (Å²) >= 11 is 0. The zero-order valence-corrected chi connectivity index (χ0v) is 10.1. The second kappa shape index (κ2) is 4.20. The van der Waals surface area contributed by atoms with Gasteiger partial charge in [0.1, 0.15) is 5.69 Å². The van der Waals surface area contributed by atoms with Crippen molar-refractivity contribution in [3.8, 4) is 11.3 Å². The van der Waals surface area contributed by atoms with E-state index in [0.29, 0.717) is 5.69 Å². The van der Waals surface area contributed by atoms with Crippen LogP contribution in [0.2, 0.25) is 0 Å². The maximum atomic E-state index is 10.8. The first kappa shape index (κ1) is 11.4. The van der Waals surface area contributed by atoms with Gasteiger partial charge in [0.05, 0.1) is 5.52 Å². The number of rotatable bonds is 2. The highest BCUT2D eigenvalue weighted by Crippen LogP contribution is 2.28. The van der Waals surface area contributed by atoms with Crippen molar-refractivity contribution < 1.29 is 14.4 Å². The van der Waals surface area contributed by atoms with Crippen molar-refractivity contribution in [2.45, 2.75) is 6.92 Å². The van der Waals surface area contributed by atoms with Crippen LogP contribution in [0.15, 0.2) is 40.9 Å². The Bertz CT molecular complexity index is 777. The summed E-state index contributed by atoms with van der Waals surface area (Å²) in [6.45, 7) is 1.88. The first-order valence-corrected chi connectivity index (χ1v) is 5.72. The van der Waals surface area contributed by atoms with E-state index in [0.717, 1.165) is 22.2 Å². The molecule has 3 rings (SSSR count). The van der Waals surface area contributed by atoms with Crippen LogP contribution in [0.1, 0.15) is 16.2 Å². The molecule has 2 heterocycles. The van der Waals surface area contributed by atoms with Crippen LogP contribution < -0.4 is 0 Å². The minimum atomic E-state index is -1.13. The average Bonchev–Trinajstić information content (AvgIpc) is 2.87. The fourth-order valence-corrected chi connectivity index (χ4v) is 2.02. The number of carbonyl (C=O) groups is 1. The molecule has 0 saturated carbocycles. The molecule has 0 fully saturated rings. The van der Waals surface area contributed by atoms with Crippen molar-refractivity contribution in [3.05, 3.63) is 47.9 Å². The van der Waals surface area contributed by atoms with E-state index >= 15 is 0 Å². The number of hydrogen-bond acceptors (Lipinski definition) is 4. The van der Waals surface area contributed by atoms with Crippen LogP contribution in [0, 0.1) is 6.92 Å². The van der Waals surface area contributed by atoms with Crippen molar-refractivity contribution in [1.82, 2.24) is 10.1 Å². The van der Waals surface area contributed by atoms with Gasteiger partial charge in [0.15, 0.2) is 0 Å². The van der Waals surface area contributed by atoms with Gasteiger partial charge >= 0.3 is 5.97 Å². The molecule has 94 valence electrons. The van der Waals surface area contributed by atoms with E-state index in [4.69, 9.17) is 9.63 Å². The second-order valence-corrected chi connectivity index (χ2v) is 4.21. The van der Waals surface area contributed by atoms with E-state index in [2.05, 4.69) is 10.1 Å². The van der Waals surface area contributed by atoms with Crippen LogP contribution in [0.4, 0.5) is 0 Å². The summed E-state index contributed by atoms with van der Waals surface area (Å²) in [6, 6.07) is 10.9. The summed E-state index contributed by atoms with van der Waals surface area (Å²) in [6.07, 6.45) is 0. The number of benzene rings is 1. The molecule has 0 atom stereocenters. The van der Waals surface area contributed by atoms with Gasteiger partial charge in [-0.2, -0.15) is 0 Å². The summed E-state index contributed by atoms with van der Waals surface area (Å²) < 4.78 is 4.80. The molecule has 0 radical (unpaired) electrons. The molecule has 0 aliphatic heterocycles. The molecular formula is C14H10N2O3. The summed E-state index contributed by atoms with van der Waals surface area (Å²) in [5.41, 5.74) is 3.00. The quantitative estimate of drug-likeness (QED) is 0.760. The van der Waals surface area contributed by atoms with E-state index in [1.54, 1.807) is 0 Å². The van der Waals surface area contributed by atoms with E-state index in [9.17, 15) is 4.79 Å². The predicted molar refractivity (Wildman–Crippen MR) is 68.9 cm³/mol. The Morgan fingerprint density at radius 1 is 1.26 bits per heavy atom. The lowest BCUT2D eigenvalue weighted by atomic mass is 10.0. The highest BCUT2D eigenvalue weighted by molar-refractivity contribution is 5.95. The second-order valence-electron chi connectivity index (χ2n) is 4.21. The number of para-hydroxylation sites is 1. The molecule has 0 bridgehead atoms. The zero-order valence-electron chi connectivity index (χ0n) is 10.1. The Morgan fingerprint density at radius 3 is 2.79 bits per heavy atom. The first-order valence-electron chi connectivity index (χ1n) is 5.72. The number of aryl methyl sites for hydroxylation is 1. The Kier molecular flexibility index (Phi) is 2.52. The number of carboxylic acids is 1. The minimum Gasteiger partial charge on any atom is -0.475 e. The van der Waals surface area contributed by atoms with Crippen LogP contribution in [0.5, 0.6) is 0 Å². The summed E-state index contributed by atoms with van der Waals surface area (Å²) in [5, 5.41) is 13.6. The number of aromatic nitrogens is 2. The van der Waals surface area contributed by atoms with Gasteiger partial charge in [0.25, 0.3) is 0 Å². The van der Waals surface area contributed by atoms with Gasteiger partial charge in [0.2, 0.25) is 5.76 Å². The molecule has 0 aliphatic carbocycles. The van der Waals surface area contributed by atoms with Crippen molar-refractivity contribution in [1.29, 1.82) is 0 Å². The first-order chi connectivity index (χ1) is 9.15. The van der Waals surface area contributed by atoms with Gasteiger partial charge in [-0.05, 0) is 19.1 Å². The van der Waals surface area contributed by atoms with E-state index in [1.165, 1.54) is 6.07 Å². The lowest BCUT2D eigenvalue weighted by Gasteiger charge is -2.04. The fraction of sp³-hybridized carbons (Fsp3) is 0.0714. The van der Waals surface area contributed by atoms with Gasteiger partial charge in [-0.3, -0.25) is 4.98 Å². The van der Waals surface area contributed by atoms with Gasteiger partial charge in [0, 0.05) is 22.7 Å². The number of hydrogen-bond donors (Lipinski definition) is 1. The topological polar surface area (TPSA) is 76.2 Å². The molecule has 0 spiro atoms. The summed E-state index contributed by atoms with van der Waals surface area (Å²) in [5.74, 6) is -1.30. The zero-order chi connectivity index (χ0) is 13.4. The van der Waals surface area contributed by atoms with E-state index in [1.807, 2.05) is 37.3 Å². The van der Waals surface area contributed by atoms with Crippen LogP contribution in [-0.2, 0) is 0 Å². The summed E-state index contributed by atoms with van der Waals surface area (Å²) in [4.78, 5) is 15.3. The third kappa shape index (κ3) is 1.95.